The van der Waals surface area contributed by atoms with Crippen molar-refractivity contribution in [3.63, 3.8) is 0 Å². The van der Waals surface area contributed by atoms with Crippen LogP contribution in [-0.4, -0.2) is 23.0 Å². The lowest BCUT2D eigenvalue weighted by molar-refractivity contribution is 1.08. The molecule has 0 unspecified atom stereocenters. The summed E-state index contributed by atoms with van der Waals surface area (Å²) in [6.07, 6.45) is 0. The highest BCUT2D eigenvalue weighted by Gasteiger charge is 2.38. The van der Waals surface area contributed by atoms with Crippen molar-refractivity contribution in [1.82, 2.24) is 15.0 Å². The molecule has 0 atom stereocenters. The molecule has 0 saturated heterocycles. The van der Waals surface area contributed by atoms with E-state index in [4.69, 9.17) is 15.0 Å². The number of fused-ring (bicyclic) bond motifs is 4. The Kier molecular flexibility index (Phi) is 5.91. The zero-order valence-corrected chi connectivity index (χ0v) is 25.1. The van der Waals surface area contributed by atoms with Crippen LogP contribution in [0.2, 0.25) is 13.1 Å². The molecule has 7 aromatic rings. The second kappa shape index (κ2) is 9.97. The van der Waals surface area contributed by atoms with Gasteiger partial charge < -0.3 is 0 Å². The molecule has 3 nitrogen and oxygen atoms in total. The van der Waals surface area contributed by atoms with E-state index in [0.717, 1.165) is 22.1 Å². The Morgan fingerprint density at radius 3 is 1.67 bits per heavy atom. The Hall–Kier alpha value is -5.19. The topological polar surface area (TPSA) is 38.7 Å². The largest absolute Gasteiger partial charge is 0.208 e. The van der Waals surface area contributed by atoms with E-state index in [9.17, 15) is 0 Å². The van der Waals surface area contributed by atoms with Crippen LogP contribution in [0, 0.1) is 0 Å². The summed E-state index contributed by atoms with van der Waals surface area (Å²) in [6, 6.07) is 49.3. The van der Waals surface area contributed by atoms with Crippen molar-refractivity contribution in [3.05, 3.63) is 140 Å². The molecule has 1 aliphatic rings. The SMILES string of the molecule is C[Si]1(C)c2ccccc2-c2c(-c3nc(-c4ccccc4)nc(-c4ccc5cc(-c6ccccc6)ccc5c4)n3)cccc21. The van der Waals surface area contributed by atoms with Crippen LogP contribution in [0.3, 0.4) is 0 Å². The fourth-order valence-electron chi connectivity index (χ4n) is 6.48. The summed E-state index contributed by atoms with van der Waals surface area (Å²) < 4.78 is 0. The van der Waals surface area contributed by atoms with Gasteiger partial charge in [0.25, 0.3) is 0 Å². The molecule has 1 aliphatic heterocycles. The highest BCUT2D eigenvalue weighted by Crippen LogP contribution is 2.36. The highest BCUT2D eigenvalue weighted by atomic mass is 28.3. The van der Waals surface area contributed by atoms with E-state index in [1.807, 2.05) is 18.2 Å². The molecule has 0 aliphatic carbocycles. The maximum Gasteiger partial charge on any atom is 0.164 e. The molecule has 204 valence electrons. The van der Waals surface area contributed by atoms with Gasteiger partial charge in [0.05, 0.1) is 0 Å². The number of hydrogen-bond acceptors (Lipinski definition) is 3. The van der Waals surface area contributed by atoms with Gasteiger partial charge in [-0.3, -0.25) is 0 Å². The number of aromatic nitrogens is 3. The highest BCUT2D eigenvalue weighted by molar-refractivity contribution is 7.04. The first-order valence-electron chi connectivity index (χ1n) is 14.7. The fourth-order valence-corrected chi connectivity index (χ4v) is 9.57. The molecular formula is C39H29N3Si. The smallest absolute Gasteiger partial charge is 0.164 e. The zero-order chi connectivity index (χ0) is 29.0. The van der Waals surface area contributed by atoms with Gasteiger partial charge in [-0.05, 0) is 55.5 Å². The summed E-state index contributed by atoms with van der Waals surface area (Å²) in [4.78, 5) is 15.3. The lowest BCUT2D eigenvalue weighted by Gasteiger charge is -2.18. The van der Waals surface area contributed by atoms with Gasteiger partial charge in [-0.2, -0.15) is 0 Å². The second-order valence-corrected chi connectivity index (χ2v) is 16.0. The second-order valence-electron chi connectivity index (χ2n) is 11.7. The van der Waals surface area contributed by atoms with Crippen LogP contribution < -0.4 is 10.4 Å². The third-order valence-electron chi connectivity index (χ3n) is 8.72. The van der Waals surface area contributed by atoms with Crippen LogP contribution in [0.5, 0.6) is 0 Å². The Morgan fingerprint density at radius 2 is 0.930 bits per heavy atom. The molecule has 4 heteroatoms. The summed E-state index contributed by atoms with van der Waals surface area (Å²) in [5, 5.41) is 5.25. The van der Waals surface area contributed by atoms with E-state index in [2.05, 4.69) is 134 Å². The minimum Gasteiger partial charge on any atom is -0.208 e. The number of benzene rings is 6. The quantitative estimate of drug-likeness (QED) is 0.200. The normalized spacial score (nSPS) is 13.1. The predicted molar refractivity (Wildman–Crippen MR) is 181 cm³/mol. The van der Waals surface area contributed by atoms with Crippen LogP contribution in [0.1, 0.15) is 0 Å². The van der Waals surface area contributed by atoms with Gasteiger partial charge in [-0.1, -0.05) is 140 Å². The molecule has 2 heterocycles. The van der Waals surface area contributed by atoms with Crippen molar-refractivity contribution in [2.75, 3.05) is 0 Å². The standard InChI is InChI=1S/C39H29N3Si/c1-43(2)34-18-10-9-16-32(34)36-33(17-11-19-35(36)43)39-41-37(27-14-7-4-8-15-27)40-38(42-39)31-23-22-29-24-28(20-21-30(29)25-31)26-12-5-3-6-13-26/h3-25H,1-2H3. The van der Waals surface area contributed by atoms with E-state index in [1.165, 1.54) is 38.0 Å². The Morgan fingerprint density at radius 1 is 0.395 bits per heavy atom. The van der Waals surface area contributed by atoms with Crippen LogP contribution in [0.15, 0.2) is 140 Å². The molecule has 43 heavy (non-hydrogen) atoms. The van der Waals surface area contributed by atoms with Gasteiger partial charge in [-0.15, -0.1) is 0 Å². The van der Waals surface area contributed by atoms with Crippen molar-refractivity contribution in [1.29, 1.82) is 0 Å². The van der Waals surface area contributed by atoms with Crippen molar-refractivity contribution in [3.8, 4) is 56.4 Å². The molecule has 6 aromatic carbocycles. The maximum atomic E-state index is 5.16. The van der Waals surface area contributed by atoms with Crippen molar-refractivity contribution in [2.45, 2.75) is 13.1 Å². The minimum atomic E-state index is -1.83. The predicted octanol–water partition coefficient (Wildman–Crippen LogP) is 8.50. The molecule has 0 radical (unpaired) electrons. The summed E-state index contributed by atoms with van der Waals surface area (Å²) in [6.45, 7) is 4.88. The maximum absolute atomic E-state index is 5.16. The minimum absolute atomic E-state index is 0.679. The Balaban J connectivity index is 1.31. The van der Waals surface area contributed by atoms with Gasteiger partial charge in [-0.25, -0.2) is 15.0 Å². The molecule has 0 amide bonds. The summed E-state index contributed by atoms with van der Waals surface area (Å²) in [5.41, 5.74) is 8.03. The zero-order valence-electron chi connectivity index (χ0n) is 24.1. The van der Waals surface area contributed by atoms with E-state index >= 15 is 0 Å². The van der Waals surface area contributed by atoms with E-state index in [1.54, 1.807) is 0 Å². The van der Waals surface area contributed by atoms with Crippen molar-refractivity contribution < 1.29 is 0 Å². The van der Waals surface area contributed by atoms with Crippen LogP contribution >= 0.6 is 0 Å². The molecule has 0 bridgehead atoms. The third-order valence-corrected chi connectivity index (χ3v) is 12.3. The third kappa shape index (κ3) is 4.30. The number of hydrogen-bond donors (Lipinski definition) is 0. The van der Waals surface area contributed by atoms with Gasteiger partial charge in [0.15, 0.2) is 17.5 Å². The lowest BCUT2D eigenvalue weighted by atomic mass is 9.99. The average molecular weight is 568 g/mol. The molecule has 1 aromatic heterocycles. The van der Waals surface area contributed by atoms with Crippen LogP contribution in [-0.2, 0) is 0 Å². The number of nitrogens with zero attached hydrogens (tertiary/aromatic N) is 3. The lowest BCUT2D eigenvalue weighted by Crippen LogP contribution is -2.49. The summed E-state index contributed by atoms with van der Waals surface area (Å²) in [5.74, 6) is 2.07. The average Bonchev–Trinajstić information content (AvgIpc) is 3.31. The van der Waals surface area contributed by atoms with E-state index < -0.39 is 8.07 Å². The molecule has 0 spiro atoms. The Bertz CT molecular complexity index is 2150. The van der Waals surface area contributed by atoms with Crippen LogP contribution in [0.4, 0.5) is 0 Å². The molecule has 0 saturated carbocycles. The Labute approximate surface area is 252 Å². The van der Waals surface area contributed by atoms with Gasteiger partial charge in [0.1, 0.15) is 8.07 Å². The van der Waals surface area contributed by atoms with Gasteiger partial charge in [0, 0.05) is 16.7 Å². The summed E-state index contributed by atoms with van der Waals surface area (Å²) in [7, 11) is -1.83. The van der Waals surface area contributed by atoms with Crippen molar-refractivity contribution >= 4 is 29.2 Å². The first-order valence-corrected chi connectivity index (χ1v) is 17.7. The molecule has 8 rings (SSSR count). The van der Waals surface area contributed by atoms with E-state index in [-0.39, 0.29) is 0 Å². The molecule has 0 N–H and O–H groups in total. The van der Waals surface area contributed by atoms with Gasteiger partial charge in [0.2, 0.25) is 0 Å². The van der Waals surface area contributed by atoms with Crippen LogP contribution in [0.25, 0.3) is 67.2 Å². The first kappa shape index (κ1) is 25.5. The number of rotatable bonds is 4. The monoisotopic (exact) mass is 567 g/mol. The van der Waals surface area contributed by atoms with E-state index in [0.29, 0.717) is 17.5 Å². The summed E-state index contributed by atoms with van der Waals surface area (Å²) >= 11 is 0. The first-order chi connectivity index (χ1) is 21.1. The van der Waals surface area contributed by atoms with Crippen molar-refractivity contribution in [2.24, 2.45) is 0 Å². The molecular weight excluding hydrogens is 539 g/mol. The van der Waals surface area contributed by atoms with Gasteiger partial charge >= 0.3 is 0 Å². The molecule has 0 fully saturated rings. The fraction of sp³-hybridized carbons (Fsp3) is 0.0513.